The van der Waals surface area contributed by atoms with Gasteiger partial charge in [-0.25, -0.2) is 0 Å². The summed E-state index contributed by atoms with van der Waals surface area (Å²) in [5.41, 5.74) is 0. The topological polar surface area (TPSA) is 30.5 Å². The second-order valence-electron chi connectivity index (χ2n) is 14.1. The minimum atomic E-state index is 0.243. The molecule has 0 radical (unpaired) electrons. The third kappa shape index (κ3) is 31.8. The van der Waals surface area contributed by atoms with Crippen LogP contribution >= 0.6 is 0 Å². The van der Waals surface area contributed by atoms with Crippen LogP contribution in [0.1, 0.15) is 194 Å². The summed E-state index contributed by atoms with van der Waals surface area (Å²) in [5.74, 6) is 0. The van der Waals surface area contributed by atoms with Gasteiger partial charge in [-0.1, -0.05) is 165 Å². The SMILES string of the molecule is CCCCC/C=C\C/C=C\CCCCCCCCCCOC1CNCC1OCCCCCCCCCC/C=C\C/C=C\CCCCC. The highest BCUT2D eigenvalue weighted by molar-refractivity contribution is 4.93. The van der Waals surface area contributed by atoms with Crippen molar-refractivity contribution in [3.8, 4) is 0 Å². The molecular formula is C44H81NO2. The monoisotopic (exact) mass is 656 g/mol. The molecule has 0 amide bonds. The predicted octanol–water partition coefficient (Wildman–Crippen LogP) is 13.5. The molecule has 0 aromatic rings. The summed E-state index contributed by atoms with van der Waals surface area (Å²) in [6, 6.07) is 0. The highest BCUT2D eigenvalue weighted by Gasteiger charge is 2.28. The van der Waals surface area contributed by atoms with Crippen LogP contribution in [0.3, 0.4) is 0 Å². The average Bonchev–Trinajstić information content (AvgIpc) is 3.53. The Balaban J connectivity index is 1.82. The van der Waals surface area contributed by atoms with Gasteiger partial charge >= 0.3 is 0 Å². The van der Waals surface area contributed by atoms with Gasteiger partial charge in [-0.05, 0) is 77.0 Å². The molecule has 1 aliphatic rings. The Labute approximate surface area is 294 Å². The van der Waals surface area contributed by atoms with Gasteiger partial charge in [0.25, 0.3) is 0 Å². The van der Waals surface area contributed by atoms with Gasteiger partial charge < -0.3 is 14.8 Å². The fourth-order valence-corrected chi connectivity index (χ4v) is 6.32. The lowest BCUT2D eigenvalue weighted by Gasteiger charge is -2.20. The van der Waals surface area contributed by atoms with Crippen LogP contribution in [-0.4, -0.2) is 38.5 Å². The van der Waals surface area contributed by atoms with Crippen LogP contribution in [0.15, 0.2) is 48.6 Å². The maximum Gasteiger partial charge on any atom is 0.0973 e. The van der Waals surface area contributed by atoms with Crippen LogP contribution in [0.5, 0.6) is 0 Å². The van der Waals surface area contributed by atoms with Gasteiger partial charge in [0.2, 0.25) is 0 Å². The van der Waals surface area contributed by atoms with E-state index in [0.29, 0.717) is 0 Å². The summed E-state index contributed by atoms with van der Waals surface area (Å²) < 4.78 is 12.5. The van der Waals surface area contributed by atoms with Crippen LogP contribution in [-0.2, 0) is 9.47 Å². The van der Waals surface area contributed by atoms with Crippen LogP contribution in [0.25, 0.3) is 0 Å². The molecule has 274 valence electrons. The van der Waals surface area contributed by atoms with Gasteiger partial charge in [0, 0.05) is 26.3 Å². The van der Waals surface area contributed by atoms with Crippen molar-refractivity contribution in [2.24, 2.45) is 0 Å². The minimum Gasteiger partial charge on any atom is -0.374 e. The molecule has 0 aromatic heterocycles. The Bertz CT molecular complexity index is 666. The number of nitrogens with one attached hydrogen (secondary N) is 1. The van der Waals surface area contributed by atoms with Crippen molar-refractivity contribution in [2.45, 2.75) is 206 Å². The number of ether oxygens (including phenoxy) is 2. The van der Waals surface area contributed by atoms with Crippen LogP contribution in [0, 0.1) is 0 Å². The van der Waals surface area contributed by atoms with Crippen LogP contribution in [0.4, 0.5) is 0 Å². The fourth-order valence-electron chi connectivity index (χ4n) is 6.32. The molecule has 3 heteroatoms. The third-order valence-corrected chi connectivity index (χ3v) is 9.46. The van der Waals surface area contributed by atoms with Gasteiger partial charge in [-0.3, -0.25) is 0 Å². The molecule has 0 spiro atoms. The van der Waals surface area contributed by atoms with E-state index >= 15 is 0 Å². The van der Waals surface area contributed by atoms with E-state index < -0.39 is 0 Å². The molecule has 2 atom stereocenters. The summed E-state index contributed by atoms with van der Waals surface area (Å²) in [6.45, 7) is 8.20. The Morgan fingerprint density at radius 3 is 1.02 bits per heavy atom. The molecule has 1 heterocycles. The van der Waals surface area contributed by atoms with E-state index in [4.69, 9.17) is 9.47 Å². The zero-order chi connectivity index (χ0) is 33.6. The highest BCUT2D eigenvalue weighted by Crippen LogP contribution is 2.15. The van der Waals surface area contributed by atoms with Crippen molar-refractivity contribution in [3.05, 3.63) is 48.6 Å². The Morgan fingerprint density at radius 1 is 0.383 bits per heavy atom. The molecule has 47 heavy (non-hydrogen) atoms. The summed E-state index contributed by atoms with van der Waals surface area (Å²) >= 11 is 0. The lowest BCUT2D eigenvalue weighted by atomic mass is 10.1. The second kappa shape index (κ2) is 37.7. The number of unbranched alkanes of at least 4 members (excludes halogenated alkanes) is 22. The van der Waals surface area contributed by atoms with Crippen molar-refractivity contribution >= 4 is 0 Å². The van der Waals surface area contributed by atoms with Crippen molar-refractivity contribution in [2.75, 3.05) is 26.3 Å². The van der Waals surface area contributed by atoms with E-state index in [1.54, 1.807) is 0 Å². The molecule has 0 aliphatic carbocycles. The van der Waals surface area contributed by atoms with Gasteiger partial charge in [-0.2, -0.15) is 0 Å². The molecule has 0 saturated carbocycles. The molecule has 0 bridgehead atoms. The molecular weight excluding hydrogens is 574 g/mol. The van der Waals surface area contributed by atoms with E-state index in [2.05, 4.69) is 67.8 Å². The Kier molecular flexibility index (Phi) is 35.1. The Hall–Kier alpha value is -1.16. The number of hydrogen-bond acceptors (Lipinski definition) is 3. The number of allylic oxidation sites excluding steroid dienone is 8. The minimum absolute atomic E-state index is 0.243. The summed E-state index contributed by atoms with van der Waals surface area (Å²) in [6.07, 6.45) is 56.0. The van der Waals surface area contributed by atoms with Crippen molar-refractivity contribution in [1.82, 2.24) is 5.32 Å². The molecule has 2 unspecified atom stereocenters. The first-order chi connectivity index (χ1) is 23.4. The van der Waals surface area contributed by atoms with E-state index in [0.717, 1.165) is 39.1 Å². The molecule has 0 aromatic carbocycles. The van der Waals surface area contributed by atoms with E-state index in [-0.39, 0.29) is 12.2 Å². The zero-order valence-electron chi connectivity index (χ0n) is 31.7. The van der Waals surface area contributed by atoms with Gasteiger partial charge in [-0.15, -0.1) is 0 Å². The van der Waals surface area contributed by atoms with Crippen molar-refractivity contribution < 1.29 is 9.47 Å². The lowest BCUT2D eigenvalue weighted by Crippen LogP contribution is -2.30. The normalized spacial score (nSPS) is 17.1. The standard InChI is InChI=1S/C44H81NO2/c1-3-5-7-9-11-13-15-17-19-21-23-25-27-29-31-33-35-37-39-46-43-41-45-42-44(43)47-40-38-36-34-32-30-28-26-24-22-20-18-16-14-12-10-8-6-4-2/h11-14,17-20,43-45H,3-10,15-16,21-42H2,1-2H3/b13-11-,14-12-,19-17-,20-18-. The molecule has 1 rings (SSSR count). The van der Waals surface area contributed by atoms with E-state index in [9.17, 15) is 0 Å². The van der Waals surface area contributed by atoms with Gasteiger partial charge in [0.1, 0.15) is 0 Å². The smallest absolute Gasteiger partial charge is 0.0973 e. The molecule has 1 fully saturated rings. The maximum absolute atomic E-state index is 6.23. The maximum atomic E-state index is 6.23. The average molecular weight is 656 g/mol. The summed E-state index contributed by atoms with van der Waals surface area (Å²) in [7, 11) is 0. The van der Waals surface area contributed by atoms with Gasteiger partial charge in [0.15, 0.2) is 0 Å². The first kappa shape index (κ1) is 43.9. The fraction of sp³-hybridized carbons (Fsp3) is 0.818. The summed E-state index contributed by atoms with van der Waals surface area (Å²) in [4.78, 5) is 0. The summed E-state index contributed by atoms with van der Waals surface area (Å²) in [5, 5.41) is 3.48. The quantitative estimate of drug-likeness (QED) is 0.0538. The molecule has 3 nitrogen and oxygen atoms in total. The van der Waals surface area contributed by atoms with Crippen LogP contribution < -0.4 is 5.32 Å². The molecule has 1 aliphatic heterocycles. The zero-order valence-corrected chi connectivity index (χ0v) is 31.7. The highest BCUT2D eigenvalue weighted by atomic mass is 16.5. The number of hydrogen-bond donors (Lipinski definition) is 1. The first-order valence-corrected chi connectivity index (χ1v) is 20.9. The van der Waals surface area contributed by atoms with Gasteiger partial charge in [0.05, 0.1) is 12.2 Å². The molecule has 1 saturated heterocycles. The Morgan fingerprint density at radius 2 is 0.681 bits per heavy atom. The largest absolute Gasteiger partial charge is 0.374 e. The van der Waals surface area contributed by atoms with Crippen molar-refractivity contribution in [3.63, 3.8) is 0 Å². The van der Waals surface area contributed by atoms with Crippen LogP contribution in [0.2, 0.25) is 0 Å². The van der Waals surface area contributed by atoms with Crippen molar-refractivity contribution in [1.29, 1.82) is 0 Å². The first-order valence-electron chi connectivity index (χ1n) is 20.9. The third-order valence-electron chi connectivity index (χ3n) is 9.46. The van der Waals surface area contributed by atoms with E-state index in [1.807, 2.05) is 0 Å². The predicted molar refractivity (Wildman–Crippen MR) is 210 cm³/mol. The molecule has 1 N–H and O–H groups in total. The van der Waals surface area contributed by atoms with E-state index in [1.165, 1.54) is 167 Å². The number of rotatable bonds is 36. The second-order valence-corrected chi connectivity index (χ2v) is 14.1. The lowest BCUT2D eigenvalue weighted by molar-refractivity contribution is -0.0481.